The molecule has 178 valence electrons. The summed E-state index contributed by atoms with van der Waals surface area (Å²) in [6.07, 6.45) is 0. The van der Waals surface area contributed by atoms with Crippen LogP contribution in [0.3, 0.4) is 0 Å². The van der Waals surface area contributed by atoms with Crippen molar-refractivity contribution in [1.29, 1.82) is 0 Å². The fourth-order valence-electron chi connectivity index (χ4n) is 4.76. The number of benzene rings is 6. The van der Waals surface area contributed by atoms with Crippen LogP contribution in [0.25, 0.3) is 33.0 Å². The molecule has 0 bridgehead atoms. The van der Waals surface area contributed by atoms with Gasteiger partial charge in [-0.25, -0.2) is 0 Å². The first kappa shape index (κ1) is 23.7. The van der Waals surface area contributed by atoms with Crippen LogP contribution in [0.5, 0.6) is 0 Å². The quantitative estimate of drug-likeness (QED) is 0.189. The Balaban J connectivity index is 1.45. The molecule has 0 unspecified atom stereocenters. The number of fused-ring (bicyclic) bond motifs is 1. The molecule has 0 saturated carbocycles. The Kier molecular flexibility index (Phi) is 6.65. The van der Waals surface area contributed by atoms with Gasteiger partial charge < -0.3 is 4.90 Å². The summed E-state index contributed by atoms with van der Waals surface area (Å²) < 4.78 is 2.11. The van der Waals surface area contributed by atoms with Gasteiger partial charge in [0.05, 0.1) is 0 Å². The van der Waals surface area contributed by atoms with Crippen molar-refractivity contribution in [3.05, 3.63) is 148 Å². The normalized spacial score (nSPS) is 11.0. The van der Waals surface area contributed by atoms with Gasteiger partial charge in [-0.2, -0.15) is 0 Å². The number of para-hydroxylation sites is 1. The summed E-state index contributed by atoms with van der Waals surface area (Å²) in [6, 6.07) is 49.6. The molecule has 0 N–H and O–H groups in total. The first-order valence-electron chi connectivity index (χ1n) is 12.1. The fourth-order valence-corrected chi connectivity index (χ4v) is 6.06. The lowest BCUT2D eigenvalue weighted by Crippen LogP contribution is -2.09. The van der Waals surface area contributed by atoms with E-state index in [1.165, 1.54) is 33.0 Å². The molecule has 0 aromatic heterocycles. The topological polar surface area (TPSA) is 3.24 Å². The molecule has 0 fully saturated rings. The maximum Gasteiger partial charge on any atom is 0.0468 e. The minimum atomic E-state index is 1.05. The van der Waals surface area contributed by atoms with Crippen molar-refractivity contribution < 1.29 is 0 Å². The van der Waals surface area contributed by atoms with Gasteiger partial charge in [0.15, 0.2) is 0 Å². The Bertz CT molecular complexity index is 1690. The van der Waals surface area contributed by atoms with E-state index in [-0.39, 0.29) is 0 Å². The summed E-state index contributed by atoms with van der Waals surface area (Å²) in [4.78, 5) is 2.32. The maximum absolute atomic E-state index is 3.62. The second-order valence-electron chi connectivity index (χ2n) is 8.99. The first-order chi connectivity index (χ1) is 18.1. The predicted octanol–water partition coefficient (Wildman–Crippen LogP) is 11.2. The van der Waals surface area contributed by atoms with Gasteiger partial charge in [0, 0.05) is 26.0 Å². The van der Waals surface area contributed by atoms with E-state index in [1.54, 1.807) is 0 Å². The lowest BCUT2D eigenvalue weighted by Gasteiger charge is -2.26. The maximum atomic E-state index is 3.62. The molecule has 0 aliphatic carbocycles. The predicted molar refractivity (Wildman–Crippen MR) is 165 cm³/mol. The second-order valence-corrected chi connectivity index (χ2v) is 10.8. The van der Waals surface area contributed by atoms with Gasteiger partial charge in [0.1, 0.15) is 0 Å². The third-order valence-corrected chi connectivity index (χ3v) is 7.42. The molecule has 37 heavy (non-hydrogen) atoms. The Hall–Kier alpha value is -3.66. The van der Waals surface area contributed by atoms with Crippen LogP contribution in [0.1, 0.15) is 0 Å². The number of halogens is 2. The molecule has 0 saturated heterocycles. The zero-order valence-corrected chi connectivity index (χ0v) is 23.2. The van der Waals surface area contributed by atoms with Gasteiger partial charge in [0.25, 0.3) is 0 Å². The van der Waals surface area contributed by atoms with Crippen molar-refractivity contribution in [2.75, 3.05) is 4.90 Å². The van der Waals surface area contributed by atoms with Gasteiger partial charge in [-0.3, -0.25) is 0 Å². The zero-order valence-electron chi connectivity index (χ0n) is 20.0. The smallest absolute Gasteiger partial charge is 0.0468 e. The van der Waals surface area contributed by atoms with E-state index in [1.807, 2.05) is 0 Å². The standard InChI is InChI=1S/C34H23Br2N/c35-30-19-29(20-31(36)23-30)26-11-6-10-25(18-26)28-12-7-15-33(22-28)37(32-13-2-1-3-14-32)34-17-16-24-8-4-5-9-27(24)21-34/h1-23H. The van der Waals surface area contributed by atoms with Crippen molar-refractivity contribution in [3.63, 3.8) is 0 Å². The van der Waals surface area contributed by atoms with E-state index in [0.29, 0.717) is 0 Å². The van der Waals surface area contributed by atoms with Crippen LogP contribution in [0.2, 0.25) is 0 Å². The minimum absolute atomic E-state index is 1.05. The van der Waals surface area contributed by atoms with Crippen LogP contribution in [0.4, 0.5) is 17.1 Å². The van der Waals surface area contributed by atoms with Crippen LogP contribution in [0.15, 0.2) is 148 Å². The SMILES string of the molecule is Brc1cc(Br)cc(-c2cccc(-c3cccc(N(c4ccccc4)c4ccc5ccccc5c4)c3)c2)c1. The van der Waals surface area contributed by atoms with Crippen LogP contribution >= 0.6 is 31.9 Å². The molecule has 0 spiro atoms. The van der Waals surface area contributed by atoms with Gasteiger partial charge in [-0.15, -0.1) is 0 Å². The minimum Gasteiger partial charge on any atom is -0.310 e. The summed E-state index contributed by atoms with van der Waals surface area (Å²) in [5, 5.41) is 2.47. The lowest BCUT2D eigenvalue weighted by molar-refractivity contribution is 1.29. The summed E-state index contributed by atoms with van der Waals surface area (Å²) in [6.45, 7) is 0. The van der Waals surface area contributed by atoms with E-state index in [9.17, 15) is 0 Å². The number of hydrogen-bond acceptors (Lipinski definition) is 1. The van der Waals surface area contributed by atoms with Crippen LogP contribution < -0.4 is 4.90 Å². The molecule has 3 heteroatoms. The van der Waals surface area contributed by atoms with Crippen molar-refractivity contribution in [3.8, 4) is 22.3 Å². The van der Waals surface area contributed by atoms with Crippen LogP contribution in [0, 0.1) is 0 Å². The van der Waals surface area contributed by atoms with Crippen molar-refractivity contribution in [1.82, 2.24) is 0 Å². The summed E-state index contributed by atoms with van der Waals surface area (Å²) >= 11 is 7.25. The second kappa shape index (κ2) is 10.4. The van der Waals surface area contributed by atoms with E-state index < -0.39 is 0 Å². The van der Waals surface area contributed by atoms with Crippen molar-refractivity contribution in [2.24, 2.45) is 0 Å². The molecular formula is C34H23Br2N. The summed E-state index contributed by atoms with van der Waals surface area (Å²) in [7, 11) is 0. The largest absolute Gasteiger partial charge is 0.310 e. The molecular weight excluding hydrogens is 582 g/mol. The molecule has 0 aliphatic heterocycles. The molecule has 0 radical (unpaired) electrons. The molecule has 0 atom stereocenters. The van der Waals surface area contributed by atoms with Crippen LogP contribution in [-0.4, -0.2) is 0 Å². The third kappa shape index (κ3) is 5.11. The molecule has 6 aromatic rings. The van der Waals surface area contributed by atoms with Gasteiger partial charge in [-0.05, 0) is 93.7 Å². The molecule has 0 aliphatic rings. The number of nitrogens with zero attached hydrogens (tertiary/aromatic N) is 1. The van der Waals surface area contributed by atoms with Gasteiger partial charge in [-0.1, -0.05) is 111 Å². The number of rotatable bonds is 5. The van der Waals surface area contributed by atoms with Gasteiger partial charge in [0.2, 0.25) is 0 Å². The molecule has 1 nitrogen and oxygen atoms in total. The van der Waals surface area contributed by atoms with E-state index in [4.69, 9.17) is 0 Å². The Morgan fingerprint density at radius 2 is 0.919 bits per heavy atom. The third-order valence-electron chi connectivity index (χ3n) is 6.50. The molecule has 0 heterocycles. The van der Waals surface area contributed by atoms with Crippen molar-refractivity contribution >= 4 is 59.7 Å². The number of anilines is 3. The highest BCUT2D eigenvalue weighted by molar-refractivity contribution is 9.11. The van der Waals surface area contributed by atoms with Crippen molar-refractivity contribution in [2.45, 2.75) is 0 Å². The Morgan fingerprint density at radius 1 is 0.351 bits per heavy atom. The highest BCUT2D eigenvalue weighted by Gasteiger charge is 2.14. The number of hydrogen-bond donors (Lipinski definition) is 0. The molecule has 6 rings (SSSR count). The Labute approximate surface area is 234 Å². The monoisotopic (exact) mass is 603 g/mol. The fraction of sp³-hybridized carbons (Fsp3) is 0. The lowest BCUT2D eigenvalue weighted by atomic mass is 9.98. The van der Waals surface area contributed by atoms with Gasteiger partial charge >= 0.3 is 0 Å². The van der Waals surface area contributed by atoms with E-state index >= 15 is 0 Å². The first-order valence-corrected chi connectivity index (χ1v) is 13.7. The average Bonchev–Trinajstić information content (AvgIpc) is 2.93. The highest BCUT2D eigenvalue weighted by Crippen LogP contribution is 2.38. The molecule has 6 aromatic carbocycles. The Morgan fingerprint density at radius 3 is 1.68 bits per heavy atom. The molecule has 0 amide bonds. The van der Waals surface area contributed by atoms with E-state index in [0.717, 1.165) is 26.0 Å². The zero-order chi connectivity index (χ0) is 25.2. The average molecular weight is 605 g/mol. The van der Waals surface area contributed by atoms with E-state index in [2.05, 4.69) is 176 Å². The van der Waals surface area contributed by atoms with Crippen LogP contribution in [-0.2, 0) is 0 Å². The highest BCUT2D eigenvalue weighted by atomic mass is 79.9. The summed E-state index contributed by atoms with van der Waals surface area (Å²) in [5.41, 5.74) is 8.09. The summed E-state index contributed by atoms with van der Waals surface area (Å²) in [5.74, 6) is 0.